The largest absolute Gasteiger partial charge is 0.454 e. The van der Waals surface area contributed by atoms with Crippen molar-refractivity contribution in [2.24, 2.45) is 5.92 Å². The summed E-state index contributed by atoms with van der Waals surface area (Å²) in [5.74, 6) is 1.31. The molecule has 18 heavy (non-hydrogen) atoms. The molecular formula is C13H17N3O2. The summed E-state index contributed by atoms with van der Waals surface area (Å²) >= 11 is 0. The van der Waals surface area contributed by atoms with Crippen molar-refractivity contribution in [3.63, 3.8) is 0 Å². The van der Waals surface area contributed by atoms with Gasteiger partial charge in [0.25, 0.3) is 5.91 Å². The fourth-order valence-electron chi connectivity index (χ4n) is 1.52. The van der Waals surface area contributed by atoms with Gasteiger partial charge in [0.2, 0.25) is 0 Å². The van der Waals surface area contributed by atoms with E-state index in [1.807, 2.05) is 26.1 Å². The van der Waals surface area contributed by atoms with Crippen molar-refractivity contribution in [3.8, 4) is 0 Å². The molecule has 2 aromatic rings. The Morgan fingerprint density at radius 1 is 1.50 bits per heavy atom. The van der Waals surface area contributed by atoms with Crippen molar-refractivity contribution < 1.29 is 9.21 Å². The van der Waals surface area contributed by atoms with Gasteiger partial charge in [-0.1, -0.05) is 13.8 Å². The Balaban J connectivity index is 1.95. The highest BCUT2D eigenvalue weighted by molar-refractivity contribution is 5.91. The van der Waals surface area contributed by atoms with E-state index in [1.165, 1.54) is 0 Å². The molecule has 0 aliphatic heterocycles. The van der Waals surface area contributed by atoms with Crippen LogP contribution in [0.4, 0.5) is 0 Å². The third-order valence-corrected chi connectivity index (χ3v) is 2.43. The number of carbonyl (C=O) groups is 1. The van der Waals surface area contributed by atoms with Crippen LogP contribution in [0.1, 0.15) is 30.2 Å². The monoisotopic (exact) mass is 247 g/mol. The summed E-state index contributed by atoms with van der Waals surface area (Å²) in [5, 5.41) is 6.90. The molecule has 2 rings (SSSR count). The van der Waals surface area contributed by atoms with Crippen LogP contribution in [-0.2, 0) is 6.54 Å². The maximum absolute atomic E-state index is 11.7. The smallest absolute Gasteiger partial charge is 0.287 e. The van der Waals surface area contributed by atoms with Crippen LogP contribution in [0.25, 0.3) is 0 Å². The van der Waals surface area contributed by atoms with Gasteiger partial charge >= 0.3 is 0 Å². The van der Waals surface area contributed by atoms with Gasteiger partial charge in [-0.2, -0.15) is 5.10 Å². The van der Waals surface area contributed by atoms with Gasteiger partial charge in [-0.25, -0.2) is 0 Å². The number of rotatable bonds is 5. The summed E-state index contributed by atoms with van der Waals surface area (Å²) in [6.07, 6.45) is 3.56. The molecule has 2 heterocycles. The van der Waals surface area contributed by atoms with E-state index in [1.54, 1.807) is 23.0 Å². The number of hydrogen-bond donors (Lipinski definition) is 1. The topological polar surface area (TPSA) is 60.1 Å². The Labute approximate surface area is 106 Å². The molecular weight excluding hydrogens is 230 g/mol. The van der Waals surface area contributed by atoms with Crippen LogP contribution in [0.2, 0.25) is 0 Å². The average Bonchev–Trinajstić information content (AvgIpc) is 2.98. The normalized spacial score (nSPS) is 10.8. The first-order valence-electron chi connectivity index (χ1n) is 5.99. The lowest BCUT2D eigenvalue weighted by molar-refractivity contribution is 0.0919. The van der Waals surface area contributed by atoms with Crippen LogP contribution in [0.15, 0.2) is 35.0 Å². The molecule has 1 amide bonds. The first kappa shape index (κ1) is 12.4. The molecule has 0 aliphatic rings. The summed E-state index contributed by atoms with van der Waals surface area (Å²) in [7, 11) is 0. The van der Waals surface area contributed by atoms with Gasteiger partial charge < -0.3 is 9.73 Å². The minimum absolute atomic E-state index is 0.171. The Bertz CT molecular complexity index is 500. The average molecular weight is 247 g/mol. The van der Waals surface area contributed by atoms with Gasteiger partial charge in [0.15, 0.2) is 5.76 Å². The molecule has 2 aromatic heterocycles. The zero-order valence-corrected chi connectivity index (χ0v) is 10.6. The van der Waals surface area contributed by atoms with E-state index in [9.17, 15) is 4.79 Å². The molecule has 0 unspecified atom stereocenters. The molecule has 96 valence electrons. The molecule has 0 saturated heterocycles. The molecule has 0 aromatic carbocycles. The van der Waals surface area contributed by atoms with Crippen molar-refractivity contribution in [3.05, 3.63) is 42.1 Å². The predicted octanol–water partition coefficient (Wildman–Crippen LogP) is 1.91. The highest BCUT2D eigenvalue weighted by atomic mass is 16.4. The van der Waals surface area contributed by atoms with Crippen LogP contribution in [0.3, 0.4) is 0 Å². The molecule has 0 atom stereocenters. The molecule has 0 bridgehead atoms. The summed E-state index contributed by atoms with van der Waals surface area (Å²) in [6, 6.07) is 5.33. The van der Waals surface area contributed by atoms with Crippen LogP contribution in [0.5, 0.6) is 0 Å². The van der Waals surface area contributed by atoms with E-state index in [-0.39, 0.29) is 5.91 Å². The van der Waals surface area contributed by atoms with Gasteiger partial charge in [-0.15, -0.1) is 0 Å². The molecule has 0 spiro atoms. The van der Waals surface area contributed by atoms with Crippen molar-refractivity contribution >= 4 is 5.91 Å². The van der Waals surface area contributed by atoms with Crippen molar-refractivity contribution in [2.45, 2.75) is 20.4 Å². The van der Waals surface area contributed by atoms with Crippen LogP contribution < -0.4 is 5.32 Å². The van der Waals surface area contributed by atoms with E-state index in [2.05, 4.69) is 10.4 Å². The summed E-state index contributed by atoms with van der Waals surface area (Å²) in [4.78, 5) is 11.7. The Kier molecular flexibility index (Phi) is 3.82. The van der Waals surface area contributed by atoms with E-state index >= 15 is 0 Å². The van der Waals surface area contributed by atoms with Crippen molar-refractivity contribution in [1.29, 1.82) is 0 Å². The highest BCUT2D eigenvalue weighted by Crippen LogP contribution is 2.09. The standard InChI is InChI=1S/C13H17N3O2/c1-10(2)8-14-13(17)12-5-4-11(18-12)9-16-7-3-6-15-16/h3-7,10H,8-9H2,1-2H3,(H,14,17). The minimum Gasteiger partial charge on any atom is -0.454 e. The SMILES string of the molecule is CC(C)CNC(=O)c1ccc(Cn2cccn2)o1. The van der Waals surface area contributed by atoms with Crippen LogP contribution in [0, 0.1) is 5.92 Å². The number of aromatic nitrogens is 2. The van der Waals surface area contributed by atoms with E-state index < -0.39 is 0 Å². The first-order chi connectivity index (χ1) is 8.65. The summed E-state index contributed by atoms with van der Waals surface area (Å²) in [6.45, 7) is 5.27. The van der Waals surface area contributed by atoms with Gasteiger partial charge in [0.05, 0.1) is 6.54 Å². The lowest BCUT2D eigenvalue weighted by atomic mass is 10.2. The Morgan fingerprint density at radius 2 is 2.33 bits per heavy atom. The quantitative estimate of drug-likeness (QED) is 0.878. The Morgan fingerprint density at radius 3 is 3.00 bits per heavy atom. The second-order valence-electron chi connectivity index (χ2n) is 4.57. The number of hydrogen-bond acceptors (Lipinski definition) is 3. The fraction of sp³-hybridized carbons (Fsp3) is 0.385. The molecule has 0 radical (unpaired) electrons. The lowest BCUT2D eigenvalue weighted by Crippen LogP contribution is -2.26. The molecule has 5 heteroatoms. The second kappa shape index (κ2) is 5.53. The molecule has 0 fully saturated rings. The zero-order chi connectivity index (χ0) is 13.0. The third-order valence-electron chi connectivity index (χ3n) is 2.43. The lowest BCUT2D eigenvalue weighted by Gasteiger charge is -2.05. The van der Waals surface area contributed by atoms with Gasteiger partial charge in [0.1, 0.15) is 5.76 Å². The van der Waals surface area contributed by atoms with Gasteiger partial charge in [-0.3, -0.25) is 9.48 Å². The maximum Gasteiger partial charge on any atom is 0.287 e. The third kappa shape index (κ3) is 3.23. The molecule has 5 nitrogen and oxygen atoms in total. The number of nitrogens with zero attached hydrogens (tertiary/aromatic N) is 2. The fourth-order valence-corrected chi connectivity index (χ4v) is 1.52. The number of amides is 1. The Hall–Kier alpha value is -2.04. The van der Waals surface area contributed by atoms with Crippen molar-refractivity contribution in [1.82, 2.24) is 15.1 Å². The number of carbonyl (C=O) groups excluding carboxylic acids is 1. The molecule has 0 aliphatic carbocycles. The maximum atomic E-state index is 11.7. The second-order valence-corrected chi connectivity index (χ2v) is 4.57. The van der Waals surface area contributed by atoms with Crippen LogP contribution in [-0.4, -0.2) is 22.2 Å². The van der Waals surface area contributed by atoms with Gasteiger partial charge in [0, 0.05) is 18.9 Å². The van der Waals surface area contributed by atoms with E-state index in [0.717, 1.165) is 0 Å². The minimum atomic E-state index is -0.171. The summed E-state index contributed by atoms with van der Waals surface area (Å²) in [5.41, 5.74) is 0. The van der Waals surface area contributed by atoms with E-state index in [0.29, 0.717) is 30.5 Å². The van der Waals surface area contributed by atoms with Crippen molar-refractivity contribution in [2.75, 3.05) is 6.54 Å². The van der Waals surface area contributed by atoms with Crippen LogP contribution >= 0.6 is 0 Å². The molecule has 1 N–H and O–H groups in total. The first-order valence-corrected chi connectivity index (χ1v) is 5.99. The number of furan rings is 1. The van der Waals surface area contributed by atoms with E-state index in [4.69, 9.17) is 4.42 Å². The summed E-state index contributed by atoms with van der Waals surface area (Å²) < 4.78 is 7.22. The zero-order valence-electron chi connectivity index (χ0n) is 10.6. The highest BCUT2D eigenvalue weighted by Gasteiger charge is 2.11. The predicted molar refractivity (Wildman–Crippen MR) is 67.2 cm³/mol. The number of nitrogens with one attached hydrogen (secondary N) is 1. The van der Waals surface area contributed by atoms with Gasteiger partial charge in [-0.05, 0) is 24.1 Å². The molecule has 0 saturated carbocycles.